The predicted molar refractivity (Wildman–Crippen MR) is 145 cm³/mol. The summed E-state index contributed by atoms with van der Waals surface area (Å²) in [7, 11) is 1.75. The van der Waals surface area contributed by atoms with Gasteiger partial charge in [0.15, 0.2) is 0 Å². The number of rotatable bonds is 4. The number of para-hydroxylation sites is 1. The average molecular weight is 495 g/mol. The molecule has 0 saturated carbocycles. The van der Waals surface area contributed by atoms with E-state index in [1.165, 1.54) is 0 Å². The Balaban J connectivity index is 1.43. The first kappa shape index (κ1) is 23.2. The van der Waals surface area contributed by atoms with E-state index in [9.17, 15) is 9.59 Å². The molecule has 8 heteroatoms. The molecule has 0 radical (unpaired) electrons. The zero-order chi connectivity index (χ0) is 25.7. The van der Waals surface area contributed by atoms with Crippen LogP contribution in [-0.4, -0.2) is 48.5 Å². The van der Waals surface area contributed by atoms with Crippen molar-refractivity contribution in [3.8, 4) is 11.4 Å². The lowest BCUT2D eigenvalue weighted by Gasteiger charge is -2.30. The van der Waals surface area contributed by atoms with Gasteiger partial charge in [-0.15, -0.1) is 0 Å². The number of pyridine rings is 2. The molecule has 5 aromatic rings. The SMILES string of the molecule is Cc1c(-c2cc3ccccc3n2Cc2ccn(C)c(=O)c2)nc2cc(C(=O)N3CCCC(N)C3)ccn12. The molecule has 0 spiro atoms. The smallest absolute Gasteiger partial charge is 0.254 e. The van der Waals surface area contributed by atoms with Gasteiger partial charge in [0, 0.05) is 73.3 Å². The number of aromatic nitrogens is 4. The number of piperidine rings is 1. The highest BCUT2D eigenvalue weighted by atomic mass is 16.2. The van der Waals surface area contributed by atoms with E-state index in [1.54, 1.807) is 23.9 Å². The zero-order valence-electron chi connectivity index (χ0n) is 21.1. The first-order valence-electron chi connectivity index (χ1n) is 12.7. The van der Waals surface area contributed by atoms with Crippen LogP contribution in [0.4, 0.5) is 0 Å². The van der Waals surface area contributed by atoms with Crippen LogP contribution in [0.25, 0.3) is 27.9 Å². The molecule has 1 amide bonds. The van der Waals surface area contributed by atoms with Crippen LogP contribution in [0.5, 0.6) is 0 Å². The predicted octanol–water partition coefficient (Wildman–Crippen LogP) is 3.57. The van der Waals surface area contributed by atoms with Crippen molar-refractivity contribution >= 4 is 22.5 Å². The van der Waals surface area contributed by atoms with Crippen molar-refractivity contribution in [3.05, 3.63) is 94.2 Å². The van der Waals surface area contributed by atoms with Gasteiger partial charge >= 0.3 is 0 Å². The van der Waals surface area contributed by atoms with E-state index in [0.717, 1.165) is 58.6 Å². The molecule has 5 heterocycles. The number of imidazole rings is 1. The molecule has 8 nitrogen and oxygen atoms in total. The fourth-order valence-electron chi connectivity index (χ4n) is 5.37. The van der Waals surface area contributed by atoms with Crippen molar-refractivity contribution in [1.29, 1.82) is 0 Å². The lowest BCUT2D eigenvalue weighted by Crippen LogP contribution is -2.45. The third kappa shape index (κ3) is 4.13. The van der Waals surface area contributed by atoms with Gasteiger partial charge in [-0.1, -0.05) is 18.2 Å². The summed E-state index contributed by atoms with van der Waals surface area (Å²) in [6, 6.07) is 17.8. The van der Waals surface area contributed by atoms with Crippen LogP contribution < -0.4 is 11.3 Å². The molecule has 4 aromatic heterocycles. The molecule has 1 aliphatic rings. The molecular weight excluding hydrogens is 464 g/mol. The number of aryl methyl sites for hydroxylation is 2. The standard InChI is InChI=1S/C29H30N6O2/c1-19-28(31-26-16-22(10-13-34(19)26)29(37)33-11-5-7-23(30)18-33)25-15-21-6-3-4-8-24(21)35(25)17-20-9-12-32(2)27(36)14-20/h3-4,6,8-10,12-16,23H,5,7,11,17-18,30H2,1-2H3. The first-order valence-corrected chi connectivity index (χ1v) is 12.7. The minimum Gasteiger partial charge on any atom is -0.337 e. The van der Waals surface area contributed by atoms with Gasteiger partial charge in [0.2, 0.25) is 0 Å². The van der Waals surface area contributed by atoms with Crippen LogP contribution in [0, 0.1) is 6.92 Å². The summed E-state index contributed by atoms with van der Waals surface area (Å²) in [6.07, 6.45) is 5.61. The molecule has 1 fully saturated rings. The third-order valence-electron chi connectivity index (χ3n) is 7.42. The van der Waals surface area contributed by atoms with Crippen molar-refractivity contribution in [2.24, 2.45) is 12.8 Å². The lowest BCUT2D eigenvalue weighted by molar-refractivity contribution is 0.0709. The van der Waals surface area contributed by atoms with E-state index in [1.807, 2.05) is 52.8 Å². The summed E-state index contributed by atoms with van der Waals surface area (Å²) < 4.78 is 5.80. The largest absolute Gasteiger partial charge is 0.337 e. The fraction of sp³-hybridized carbons (Fsp3) is 0.276. The second kappa shape index (κ2) is 9.05. The van der Waals surface area contributed by atoms with Gasteiger partial charge in [-0.05, 0) is 55.7 Å². The summed E-state index contributed by atoms with van der Waals surface area (Å²) in [5.41, 5.74) is 12.2. The highest BCUT2D eigenvalue weighted by molar-refractivity contribution is 5.95. The third-order valence-corrected chi connectivity index (χ3v) is 7.42. The Labute approximate surface area is 214 Å². The number of nitrogens with two attached hydrogens (primary N) is 1. The number of nitrogens with zero attached hydrogens (tertiary/aromatic N) is 5. The number of benzene rings is 1. The Hall–Kier alpha value is -4.17. The quantitative estimate of drug-likeness (QED) is 0.414. The molecule has 0 aliphatic carbocycles. The summed E-state index contributed by atoms with van der Waals surface area (Å²) in [5.74, 6) is -0.000347. The second-order valence-corrected chi connectivity index (χ2v) is 10.0. The molecule has 6 rings (SSSR count). The maximum Gasteiger partial charge on any atom is 0.254 e. The fourth-order valence-corrected chi connectivity index (χ4v) is 5.37. The van der Waals surface area contributed by atoms with Gasteiger partial charge in [0.1, 0.15) is 11.3 Å². The van der Waals surface area contributed by atoms with Gasteiger partial charge in [-0.25, -0.2) is 4.98 Å². The monoisotopic (exact) mass is 494 g/mol. The Morgan fingerprint density at radius 2 is 1.95 bits per heavy atom. The number of hydrogen-bond donors (Lipinski definition) is 1. The lowest BCUT2D eigenvalue weighted by atomic mass is 10.1. The molecule has 37 heavy (non-hydrogen) atoms. The van der Waals surface area contributed by atoms with Crippen molar-refractivity contribution in [2.45, 2.75) is 32.4 Å². The Bertz CT molecular complexity index is 1710. The van der Waals surface area contributed by atoms with Crippen LogP contribution in [0.3, 0.4) is 0 Å². The summed E-state index contributed by atoms with van der Waals surface area (Å²) in [4.78, 5) is 32.3. The van der Waals surface area contributed by atoms with Gasteiger partial charge < -0.3 is 24.2 Å². The maximum absolute atomic E-state index is 13.2. The summed E-state index contributed by atoms with van der Waals surface area (Å²) in [5, 5.41) is 1.11. The Morgan fingerprint density at radius 1 is 1.11 bits per heavy atom. The molecule has 188 valence electrons. The van der Waals surface area contributed by atoms with E-state index in [4.69, 9.17) is 10.7 Å². The Morgan fingerprint density at radius 3 is 2.76 bits per heavy atom. The summed E-state index contributed by atoms with van der Waals surface area (Å²) >= 11 is 0. The van der Waals surface area contributed by atoms with E-state index >= 15 is 0 Å². The molecular formula is C29H30N6O2. The van der Waals surface area contributed by atoms with Crippen molar-refractivity contribution in [3.63, 3.8) is 0 Å². The minimum atomic E-state index is -0.0359. The maximum atomic E-state index is 13.2. The number of carbonyl (C=O) groups excluding carboxylic acids is 1. The molecule has 1 aromatic carbocycles. The van der Waals surface area contributed by atoms with Crippen LogP contribution in [0.1, 0.15) is 34.5 Å². The Kier molecular flexibility index (Phi) is 5.68. The van der Waals surface area contributed by atoms with Crippen molar-refractivity contribution < 1.29 is 4.79 Å². The average Bonchev–Trinajstić information content (AvgIpc) is 3.42. The topological polar surface area (TPSA) is 90.6 Å². The molecule has 1 saturated heterocycles. The van der Waals surface area contributed by atoms with E-state index in [2.05, 4.69) is 22.8 Å². The minimum absolute atomic E-state index is 0.000347. The van der Waals surface area contributed by atoms with Gasteiger partial charge in [0.25, 0.3) is 11.5 Å². The van der Waals surface area contributed by atoms with Crippen molar-refractivity contribution in [2.75, 3.05) is 13.1 Å². The number of fused-ring (bicyclic) bond motifs is 2. The molecule has 1 aliphatic heterocycles. The van der Waals surface area contributed by atoms with Gasteiger partial charge in [-0.2, -0.15) is 0 Å². The van der Waals surface area contributed by atoms with E-state index < -0.39 is 0 Å². The second-order valence-electron chi connectivity index (χ2n) is 10.0. The van der Waals surface area contributed by atoms with Crippen LogP contribution in [-0.2, 0) is 13.6 Å². The van der Waals surface area contributed by atoms with Gasteiger partial charge in [0.05, 0.1) is 5.69 Å². The summed E-state index contributed by atoms with van der Waals surface area (Å²) in [6.45, 7) is 3.91. The van der Waals surface area contributed by atoms with Crippen LogP contribution in [0.15, 0.2) is 71.8 Å². The normalized spacial score (nSPS) is 16.1. The van der Waals surface area contributed by atoms with Crippen LogP contribution >= 0.6 is 0 Å². The number of likely N-dealkylation sites (tertiary alicyclic amines) is 1. The molecule has 1 unspecified atom stereocenters. The van der Waals surface area contributed by atoms with Crippen molar-refractivity contribution in [1.82, 2.24) is 23.4 Å². The number of carbonyl (C=O) groups is 1. The zero-order valence-corrected chi connectivity index (χ0v) is 21.1. The molecule has 1 atom stereocenters. The van der Waals surface area contributed by atoms with E-state index in [-0.39, 0.29) is 17.5 Å². The van der Waals surface area contributed by atoms with E-state index in [0.29, 0.717) is 18.7 Å². The first-order chi connectivity index (χ1) is 17.9. The number of hydrogen-bond acceptors (Lipinski definition) is 4. The highest BCUT2D eigenvalue weighted by Crippen LogP contribution is 2.31. The molecule has 0 bridgehead atoms. The van der Waals surface area contributed by atoms with Gasteiger partial charge in [-0.3, -0.25) is 9.59 Å². The molecule has 2 N–H and O–H groups in total. The number of amides is 1. The van der Waals surface area contributed by atoms with Crippen LogP contribution in [0.2, 0.25) is 0 Å². The highest BCUT2D eigenvalue weighted by Gasteiger charge is 2.24.